The molecular weight excluding hydrogens is 316 g/mol. The van der Waals surface area contributed by atoms with Crippen molar-refractivity contribution >= 4 is 5.91 Å². The van der Waals surface area contributed by atoms with Crippen molar-refractivity contribution in [3.63, 3.8) is 0 Å². The molecule has 1 aromatic heterocycles. The van der Waals surface area contributed by atoms with E-state index in [0.717, 1.165) is 43.8 Å². The van der Waals surface area contributed by atoms with Gasteiger partial charge in [0.25, 0.3) is 5.91 Å². The second kappa shape index (κ2) is 6.98. The van der Waals surface area contributed by atoms with Gasteiger partial charge < -0.3 is 9.64 Å². The lowest BCUT2D eigenvalue weighted by Crippen LogP contribution is -2.59. The topological polar surface area (TPSA) is 50.6 Å². The fourth-order valence-electron chi connectivity index (χ4n) is 3.83. The van der Waals surface area contributed by atoms with Gasteiger partial charge in [-0.2, -0.15) is 5.10 Å². The molecule has 6 heteroatoms. The molecule has 0 bridgehead atoms. The van der Waals surface area contributed by atoms with Crippen LogP contribution >= 0.6 is 0 Å². The molecule has 0 spiro atoms. The summed E-state index contributed by atoms with van der Waals surface area (Å²) in [4.78, 5) is 17.5. The number of carbonyl (C=O) groups is 1. The Morgan fingerprint density at radius 2 is 2.16 bits per heavy atom. The minimum absolute atomic E-state index is 0.111. The first kappa shape index (κ1) is 16.3. The van der Waals surface area contributed by atoms with Crippen LogP contribution in [0.25, 0.3) is 0 Å². The van der Waals surface area contributed by atoms with Crippen molar-refractivity contribution in [2.75, 3.05) is 33.3 Å². The number of carbonyl (C=O) groups excluding carboxylic acids is 1. The summed E-state index contributed by atoms with van der Waals surface area (Å²) in [5, 5.41) is 4.26. The minimum Gasteiger partial charge on any atom is -0.375 e. The predicted molar refractivity (Wildman–Crippen MR) is 94.4 cm³/mol. The Morgan fingerprint density at radius 1 is 1.28 bits per heavy atom. The Labute approximate surface area is 148 Å². The number of nitrogens with zero attached hydrogens (tertiary/aromatic N) is 4. The molecule has 1 amide bonds. The van der Waals surface area contributed by atoms with Gasteiger partial charge in [-0.25, -0.2) is 0 Å². The van der Waals surface area contributed by atoms with Crippen molar-refractivity contribution in [2.24, 2.45) is 0 Å². The predicted octanol–water partition coefficient (Wildman–Crippen LogP) is 1.48. The van der Waals surface area contributed by atoms with Crippen LogP contribution in [0.2, 0.25) is 0 Å². The number of benzene rings is 1. The third-order valence-electron chi connectivity index (χ3n) is 5.29. The van der Waals surface area contributed by atoms with E-state index in [1.165, 1.54) is 0 Å². The number of amides is 1. The highest BCUT2D eigenvalue weighted by atomic mass is 16.5. The SMILES string of the molecule is CN1CCO[C@@H]2CCN(C(=O)c3ccccc3Cn3cccn3)C[C@@H]21. The Morgan fingerprint density at radius 3 is 3.00 bits per heavy atom. The van der Waals surface area contributed by atoms with Crippen LogP contribution in [-0.2, 0) is 11.3 Å². The van der Waals surface area contributed by atoms with Gasteiger partial charge in [-0.1, -0.05) is 18.2 Å². The molecule has 6 nitrogen and oxygen atoms in total. The van der Waals surface area contributed by atoms with Gasteiger partial charge in [-0.05, 0) is 31.2 Å². The largest absolute Gasteiger partial charge is 0.375 e. The Bertz CT molecular complexity index is 731. The number of aromatic nitrogens is 2. The fourth-order valence-corrected chi connectivity index (χ4v) is 3.83. The number of likely N-dealkylation sites (tertiary alicyclic amines) is 1. The lowest BCUT2D eigenvalue weighted by Gasteiger charge is -2.45. The van der Waals surface area contributed by atoms with Crippen molar-refractivity contribution in [3.05, 3.63) is 53.9 Å². The van der Waals surface area contributed by atoms with Crippen LogP contribution in [0.1, 0.15) is 22.3 Å². The molecule has 2 fully saturated rings. The lowest BCUT2D eigenvalue weighted by molar-refractivity contribution is -0.0893. The van der Waals surface area contributed by atoms with Gasteiger partial charge in [0.1, 0.15) is 0 Å². The van der Waals surface area contributed by atoms with Crippen molar-refractivity contribution in [2.45, 2.75) is 25.1 Å². The third-order valence-corrected chi connectivity index (χ3v) is 5.29. The van der Waals surface area contributed by atoms with Crippen LogP contribution < -0.4 is 0 Å². The molecule has 0 N–H and O–H groups in total. The van der Waals surface area contributed by atoms with Gasteiger partial charge in [-0.15, -0.1) is 0 Å². The maximum Gasteiger partial charge on any atom is 0.254 e. The molecule has 0 aliphatic carbocycles. The van der Waals surface area contributed by atoms with Gasteiger partial charge in [0, 0.05) is 37.6 Å². The summed E-state index contributed by atoms with van der Waals surface area (Å²) < 4.78 is 7.74. The molecule has 0 saturated carbocycles. The van der Waals surface area contributed by atoms with Crippen LogP contribution in [-0.4, -0.2) is 70.9 Å². The second-order valence-corrected chi connectivity index (χ2v) is 6.86. The Balaban J connectivity index is 1.53. The summed E-state index contributed by atoms with van der Waals surface area (Å²) >= 11 is 0. The highest BCUT2D eigenvalue weighted by Crippen LogP contribution is 2.24. The van der Waals surface area contributed by atoms with Gasteiger partial charge in [-0.3, -0.25) is 14.4 Å². The molecule has 2 aliphatic heterocycles. The first-order valence-electron chi connectivity index (χ1n) is 8.89. The molecule has 25 heavy (non-hydrogen) atoms. The minimum atomic E-state index is 0.111. The zero-order chi connectivity index (χ0) is 17.2. The zero-order valence-corrected chi connectivity index (χ0v) is 14.5. The molecule has 2 saturated heterocycles. The number of piperidine rings is 1. The summed E-state index contributed by atoms with van der Waals surface area (Å²) in [7, 11) is 2.12. The normalized spacial score (nSPS) is 24.1. The molecule has 132 valence electrons. The van der Waals surface area contributed by atoms with Crippen LogP contribution in [0.5, 0.6) is 0 Å². The van der Waals surface area contributed by atoms with Gasteiger partial charge in [0.2, 0.25) is 0 Å². The van der Waals surface area contributed by atoms with E-state index in [-0.39, 0.29) is 12.0 Å². The molecular formula is C19H24N4O2. The zero-order valence-electron chi connectivity index (χ0n) is 14.5. The van der Waals surface area contributed by atoms with E-state index in [2.05, 4.69) is 17.0 Å². The number of hydrogen-bond acceptors (Lipinski definition) is 4. The number of ether oxygens (including phenoxy) is 1. The Kier molecular flexibility index (Phi) is 4.55. The second-order valence-electron chi connectivity index (χ2n) is 6.86. The molecule has 2 aromatic rings. The Hall–Kier alpha value is -2.18. The van der Waals surface area contributed by atoms with Crippen LogP contribution in [0.15, 0.2) is 42.7 Å². The number of rotatable bonds is 3. The van der Waals surface area contributed by atoms with Crippen LogP contribution in [0.4, 0.5) is 0 Å². The summed E-state index contributed by atoms with van der Waals surface area (Å²) in [5.74, 6) is 0.111. The van der Waals surface area contributed by atoms with Gasteiger partial charge in [0.15, 0.2) is 0 Å². The third kappa shape index (κ3) is 3.32. The van der Waals surface area contributed by atoms with Gasteiger partial charge >= 0.3 is 0 Å². The first-order chi connectivity index (χ1) is 12.2. The molecule has 3 heterocycles. The average Bonchev–Trinajstić information content (AvgIpc) is 3.15. The van der Waals surface area contributed by atoms with Crippen molar-refractivity contribution in [3.8, 4) is 0 Å². The summed E-state index contributed by atoms with van der Waals surface area (Å²) in [6, 6.07) is 10.0. The van der Waals surface area contributed by atoms with E-state index in [1.807, 2.05) is 46.1 Å². The maximum atomic E-state index is 13.2. The smallest absolute Gasteiger partial charge is 0.254 e. The standard InChI is InChI=1S/C19H24N4O2/c1-21-11-12-25-18-7-10-22(14-17(18)21)19(24)16-6-3-2-5-15(16)13-23-9-4-8-20-23/h2-6,8-9,17-18H,7,10-14H2,1H3/t17-,18+/m0/s1. The molecule has 0 unspecified atom stereocenters. The molecule has 2 atom stereocenters. The average molecular weight is 340 g/mol. The molecule has 2 aliphatic rings. The first-order valence-corrected chi connectivity index (χ1v) is 8.89. The quantitative estimate of drug-likeness (QED) is 0.849. The number of likely N-dealkylation sites (N-methyl/N-ethyl adjacent to an activating group) is 1. The van der Waals surface area contributed by atoms with E-state index < -0.39 is 0 Å². The van der Waals surface area contributed by atoms with Crippen molar-refractivity contribution < 1.29 is 9.53 Å². The summed E-state index contributed by atoms with van der Waals surface area (Å²) in [6.07, 6.45) is 4.83. The van der Waals surface area contributed by atoms with E-state index in [0.29, 0.717) is 12.6 Å². The fraction of sp³-hybridized carbons (Fsp3) is 0.474. The van der Waals surface area contributed by atoms with E-state index in [1.54, 1.807) is 6.20 Å². The number of morpholine rings is 1. The number of hydrogen-bond donors (Lipinski definition) is 0. The number of fused-ring (bicyclic) bond motifs is 1. The molecule has 0 radical (unpaired) electrons. The monoisotopic (exact) mass is 340 g/mol. The van der Waals surface area contributed by atoms with Crippen LogP contribution in [0, 0.1) is 0 Å². The lowest BCUT2D eigenvalue weighted by atomic mass is 9.97. The van der Waals surface area contributed by atoms with Crippen molar-refractivity contribution in [1.82, 2.24) is 19.6 Å². The van der Waals surface area contributed by atoms with Crippen LogP contribution in [0.3, 0.4) is 0 Å². The van der Waals surface area contributed by atoms with Gasteiger partial charge in [0.05, 0.1) is 25.3 Å². The molecule has 1 aromatic carbocycles. The van der Waals surface area contributed by atoms with E-state index >= 15 is 0 Å². The van der Waals surface area contributed by atoms with E-state index in [9.17, 15) is 4.79 Å². The highest BCUT2D eigenvalue weighted by Gasteiger charge is 2.37. The molecule has 4 rings (SSSR count). The maximum absolute atomic E-state index is 13.2. The highest BCUT2D eigenvalue weighted by molar-refractivity contribution is 5.95. The van der Waals surface area contributed by atoms with Crippen molar-refractivity contribution in [1.29, 1.82) is 0 Å². The summed E-state index contributed by atoms with van der Waals surface area (Å²) in [5.41, 5.74) is 1.78. The van der Waals surface area contributed by atoms with E-state index in [4.69, 9.17) is 4.74 Å². The summed E-state index contributed by atoms with van der Waals surface area (Å²) in [6.45, 7) is 3.81.